The number of hydrogen-bond donors (Lipinski definition) is 1. The molecule has 1 aromatic carbocycles. The minimum absolute atomic E-state index is 0.0954. The monoisotopic (exact) mass is 331 g/mol. The molecule has 15 heavy (non-hydrogen) atoms. The molecule has 1 N–H and O–H groups in total. The lowest BCUT2D eigenvalue weighted by Crippen LogP contribution is -2.18. The molecule has 1 amide bonds. The second-order valence-corrected chi connectivity index (χ2v) is 5.83. The van der Waals surface area contributed by atoms with Crippen LogP contribution in [0.4, 0.5) is 0 Å². The molecule has 0 spiro atoms. The summed E-state index contributed by atoms with van der Waals surface area (Å²) in [4.78, 5) is 11.0. The fourth-order valence-electron chi connectivity index (χ4n) is 1.12. The summed E-state index contributed by atoms with van der Waals surface area (Å²) in [5.74, 6) is -0.0954. The first-order chi connectivity index (χ1) is 7.00. The average Bonchev–Trinajstić information content (AvgIpc) is 2.15. The molecule has 0 atom stereocenters. The van der Waals surface area contributed by atoms with Gasteiger partial charge in [-0.25, -0.2) is 0 Å². The molecule has 80 valence electrons. The van der Waals surface area contributed by atoms with E-state index in [-0.39, 0.29) is 5.91 Å². The van der Waals surface area contributed by atoms with E-state index in [9.17, 15) is 4.79 Å². The van der Waals surface area contributed by atoms with Crippen LogP contribution in [0.2, 0.25) is 0 Å². The summed E-state index contributed by atoms with van der Waals surface area (Å²) >= 11 is 6.61. The van der Waals surface area contributed by atoms with Crippen molar-refractivity contribution in [1.29, 1.82) is 0 Å². The minimum atomic E-state index is -0.0954. The predicted octanol–water partition coefficient (Wildman–Crippen LogP) is 3.55. The Morgan fingerprint density at radius 1 is 1.20 bits per heavy atom. The van der Waals surface area contributed by atoms with E-state index in [1.165, 1.54) is 12.5 Å². The van der Waals surface area contributed by atoms with Gasteiger partial charge in [-0.1, -0.05) is 29.8 Å². The van der Waals surface area contributed by atoms with Gasteiger partial charge in [-0.3, -0.25) is 4.79 Å². The van der Waals surface area contributed by atoms with E-state index in [1.54, 1.807) is 0 Å². The van der Waals surface area contributed by atoms with E-state index in [2.05, 4.69) is 37.2 Å². The maximum Gasteiger partial charge on any atom is 0.221 e. The minimum Gasteiger partial charge on any atom is -0.324 e. The lowest BCUT2D eigenvalue weighted by Gasteiger charge is -2.09. The van der Waals surface area contributed by atoms with Crippen LogP contribution in [0.1, 0.15) is 18.1 Å². The van der Waals surface area contributed by atoms with E-state index >= 15 is 0 Å². The molecule has 0 aliphatic rings. The molecule has 0 bridgehead atoms. The Balaban J connectivity index is 3.06. The van der Waals surface area contributed by atoms with Crippen molar-refractivity contribution in [3.8, 4) is 0 Å². The summed E-state index contributed by atoms with van der Waals surface area (Å²) in [7, 11) is 0. The summed E-state index contributed by atoms with van der Waals surface area (Å²) in [6, 6.07) is 7.92. The van der Waals surface area contributed by atoms with Gasteiger partial charge in [0.25, 0.3) is 0 Å². The van der Waals surface area contributed by atoms with Crippen LogP contribution in [-0.4, -0.2) is 5.91 Å². The first kappa shape index (κ1) is 12.5. The fourth-order valence-corrected chi connectivity index (χ4v) is 1.78. The zero-order valence-electron chi connectivity index (χ0n) is 8.47. The molecule has 1 rings (SSSR count). The Kier molecular flexibility index (Phi) is 4.54. The van der Waals surface area contributed by atoms with Gasteiger partial charge in [0.05, 0.1) is 9.09 Å². The third-order valence-electron chi connectivity index (χ3n) is 1.83. The number of benzene rings is 1. The van der Waals surface area contributed by atoms with Gasteiger partial charge < -0.3 is 5.32 Å². The van der Waals surface area contributed by atoms with Crippen molar-refractivity contribution >= 4 is 43.5 Å². The number of halogens is 2. The van der Waals surface area contributed by atoms with Gasteiger partial charge in [-0.15, -0.1) is 0 Å². The van der Waals surface area contributed by atoms with Crippen LogP contribution >= 0.6 is 31.9 Å². The van der Waals surface area contributed by atoms with Crippen LogP contribution in [0.15, 0.2) is 27.7 Å². The summed E-state index contributed by atoms with van der Waals surface area (Å²) in [5.41, 5.74) is 2.88. The number of hydrogen-bond acceptors (Lipinski definition) is 1. The van der Waals surface area contributed by atoms with Crippen molar-refractivity contribution in [2.75, 3.05) is 0 Å². The fraction of sp³-hybridized carbons (Fsp3) is 0.182. The Morgan fingerprint density at radius 3 is 2.13 bits per heavy atom. The van der Waals surface area contributed by atoms with Gasteiger partial charge in [-0.05, 0) is 44.3 Å². The molecule has 0 aliphatic carbocycles. The van der Waals surface area contributed by atoms with Crippen LogP contribution in [0.3, 0.4) is 0 Å². The second kappa shape index (κ2) is 5.47. The third kappa shape index (κ3) is 3.80. The normalized spacial score (nSPS) is 9.60. The zero-order chi connectivity index (χ0) is 11.4. The van der Waals surface area contributed by atoms with Crippen LogP contribution in [-0.2, 0) is 4.79 Å². The van der Waals surface area contributed by atoms with Crippen molar-refractivity contribution in [2.45, 2.75) is 13.8 Å². The highest BCUT2D eigenvalue weighted by Gasteiger charge is 2.06. The number of amides is 1. The molecule has 0 saturated heterocycles. The molecule has 0 fully saturated rings. The lowest BCUT2D eigenvalue weighted by molar-refractivity contribution is -0.117. The molecule has 0 aromatic heterocycles. The van der Waals surface area contributed by atoms with Gasteiger partial charge in [0.2, 0.25) is 5.91 Å². The van der Waals surface area contributed by atoms with Gasteiger partial charge >= 0.3 is 0 Å². The SMILES string of the molecule is CC(=O)NC(=C(Br)Br)c1ccc(C)cc1. The molecule has 0 unspecified atom stereocenters. The van der Waals surface area contributed by atoms with Crippen LogP contribution in [0.25, 0.3) is 5.70 Å². The number of nitrogens with one attached hydrogen (secondary N) is 1. The highest BCUT2D eigenvalue weighted by molar-refractivity contribution is 9.28. The average molecular weight is 333 g/mol. The van der Waals surface area contributed by atoms with E-state index < -0.39 is 0 Å². The summed E-state index contributed by atoms with van der Waals surface area (Å²) < 4.78 is 0.731. The first-order valence-electron chi connectivity index (χ1n) is 4.40. The maximum absolute atomic E-state index is 11.0. The highest BCUT2D eigenvalue weighted by Crippen LogP contribution is 2.25. The maximum atomic E-state index is 11.0. The molecule has 1 aromatic rings. The van der Waals surface area contributed by atoms with Crippen molar-refractivity contribution in [1.82, 2.24) is 5.32 Å². The van der Waals surface area contributed by atoms with Crippen LogP contribution in [0.5, 0.6) is 0 Å². The molecular formula is C11H11Br2NO. The van der Waals surface area contributed by atoms with E-state index in [0.717, 1.165) is 14.7 Å². The lowest BCUT2D eigenvalue weighted by atomic mass is 10.1. The Bertz CT molecular complexity index is 392. The van der Waals surface area contributed by atoms with Crippen molar-refractivity contribution < 1.29 is 4.79 Å². The van der Waals surface area contributed by atoms with Crippen molar-refractivity contribution in [3.05, 3.63) is 38.8 Å². The standard InChI is InChI=1S/C11H11Br2NO/c1-7-3-5-9(6-4-7)10(11(12)13)14-8(2)15/h3-6H,1-2H3,(H,14,15). The van der Waals surface area contributed by atoms with E-state index in [1.807, 2.05) is 31.2 Å². The van der Waals surface area contributed by atoms with Crippen LogP contribution in [0, 0.1) is 6.92 Å². The number of rotatable bonds is 2. The van der Waals surface area contributed by atoms with Gasteiger partial charge in [0.1, 0.15) is 0 Å². The summed E-state index contributed by atoms with van der Waals surface area (Å²) in [6.07, 6.45) is 0. The van der Waals surface area contributed by atoms with Gasteiger partial charge in [0.15, 0.2) is 0 Å². The van der Waals surface area contributed by atoms with Crippen molar-refractivity contribution in [2.24, 2.45) is 0 Å². The zero-order valence-corrected chi connectivity index (χ0v) is 11.6. The number of carbonyl (C=O) groups is 1. The molecule has 0 heterocycles. The predicted molar refractivity (Wildman–Crippen MR) is 69.8 cm³/mol. The largest absolute Gasteiger partial charge is 0.324 e. The topological polar surface area (TPSA) is 29.1 Å². The molecule has 0 radical (unpaired) electrons. The van der Waals surface area contributed by atoms with E-state index in [0.29, 0.717) is 0 Å². The second-order valence-electron chi connectivity index (χ2n) is 3.18. The molecule has 2 nitrogen and oxygen atoms in total. The van der Waals surface area contributed by atoms with Gasteiger partial charge in [-0.2, -0.15) is 0 Å². The molecule has 4 heteroatoms. The van der Waals surface area contributed by atoms with E-state index in [4.69, 9.17) is 0 Å². The Labute approximate surface area is 106 Å². The molecular weight excluding hydrogens is 322 g/mol. The van der Waals surface area contributed by atoms with Crippen molar-refractivity contribution in [3.63, 3.8) is 0 Å². The Morgan fingerprint density at radius 2 is 1.73 bits per heavy atom. The smallest absolute Gasteiger partial charge is 0.221 e. The Hall–Kier alpha value is -0.610. The molecule has 0 aliphatic heterocycles. The summed E-state index contributed by atoms with van der Waals surface area (Å²) in [5, 5.41) is 2.76. The number of aryl methyl sites for hydroxylation is 1. The van der Waals surface area contributed by atoms with Crippen LogP contribution < -0.4 is 5.32 Å². The highest BCUT2D eigenvalue weighted by atomic mass is 79.9. The third-order valence-corrected chi connectivity index (χ3v) is 2.62. The number of carbonyl (C=O) groups excluding carboxylic acids is 1. The summed E-state index contributed by atoms with van der Waals surface area (Å²) in [6.45, 7) is 3.51. The quantitative estimate of drug-likeness (QED) is 0.881. The first-order valence-corrected chi connectivity index (χ1v) is 5.99. The molecule has 0 saturated carbocycles. The van der Waals surface area contributed by atoms with Gasteiger partial charge in [0, 0.05) is 6.92 Å².